The third kappa shape index (κ3) is 12.2. The molecule has 0 aliphatic rings. The number of rotatable bonds is 8. The molecule has 0 bridgehead atoms. The van der Waals surface area contributed by atoms with Gasteiger partial charge in [0, 0.05) is 18.3 Å². The Hall–Kier alpha value is -0.0100. The van der Waals surface area contributed by atoms with Crippen LogP contribution in [0.1, 0.15) is 32.6 Å². The summed E-state index contributed by atoms with van der Waals surface area (Å²) in [5, 5.41) is -0.0373. The molecule has 1 atom stereocenters. The molecule has 0 aromatic rings. The third-order valence-corrected chi connectivity index (χ3v) is 3.66. The molecule has 0 rings (SSSR count). The monoisotopic (exact) mass is 295 g/mol. The molecule has 0 aliphatic carbocycles. The summed E-state index contributed by atoms with van der Waals surface area (Å²) in [7, 11) is -3.60. The van der Waals surface area contributed by atoms with E-state index in [1.54, 1.807) is 6.92 Å². The van der Waals surface area contributed by atoms with Gasteiger partial charge in [-0.15, -0.1) is 11.6 Å². The van der Waals surface area contributed by atoms with Gasteiger partial charge in [0.2, 0.25) is 10.0 Å². The van der Waals surface area contributed by atoms with Crippen LogP contribution in [0.4, 0.5) is 13.2 Å². The van der Waals surface area contributed by atoms with Crippen molar-refractivity contribution in [3.05, 3.63) is 0 Å². The van der Waals surface area contributed by atoms with Crippen molar-refractivity contribution in [3.63, 3.8) is 0 Å². The second-order valence-corrected chi connectivity index (χ2v) is 6.53. The molecule has 0 amide bonds. The van der Waals surface area contributed by atoms with Crippen LogP contribution in [0.3, 0.4) is 0 Å². The normalized spacial score (nSPS) is 14.9. The Kier molecular flexibility index (Phi) is 7.43. The first-order chi connectivity index (χ1) is 7.62. The van der Waals surface area contributed by atoms with Gasteiger partial charge in [0.15, 0.2) is 0 Å². The van der Waals surface area contributed by atoms with Crippen molar-refractivity contribution in [1.82, 2.24) is 4.72 Å². The molecule has 0 aromatic carbocycles. The molecular formula is C9H17ClF3NO2S. The maximum atomic E-state index is 11.8. The number of hydrogen-bond donors (Lipinski definition) is 1. The Bertz CT molecular complexity index is 304. The van der Waals surface area contributed by atoms with Crippen molar-refractivity contribution < 1.29 is 21.6 Å². The average Bonchev–Trinajstić information content (AvgIpc) is 2.09. The number of halogens is 4. The van der Waals surface area contributed by atoms with Crippen molar-refractivity contribution in [2.45, 2.75) is 44.2 Å². The fraction of sp³-hybridized carbons (Fsp3) is 1.00. The molecular weight excluding hydrogens is 279 g/mol. The lowest BCUT2D eigenvalue weighted by Crippen LogP contribution is -2.28. The van der Waals surface area contributed by atoms with Crippen LogP contribution in [0.2, 0.25) is 0 Å². The second-order valence-electron chi connectivity index (χ2n) is 3.85. The van der Waals surface area contributed by atoms with Gasteiger partial charge in [0.25, 0.3) is 0 Å². The molecule has 0 aromatic heterocycles. The number of sulfonamides is 1. The summed E-state index contributed by atoms with van der Waals surface area (Å²) in [6, 6.07) is 0. The van der Waals surface area contributed by atoms with E-state index in [4.69, 9.17) is 11.6 Å². The maximum Gasteiger partial charge on any atom is 0.389 e. The molecule has 1 N–H and O–H groups in total. The van der Waals surface area contributed by atoms with Gasteiger partial charge in [0.05, 0.1) is 5.75 Å². The predicted octanol–water partition coefficient (Wildman–Crippen LogP) is 2.66. The lowest BCUT2D eigenvalue weighted by molar-refractivity contribution is -0.134. The molecule has 0 aliphatic heterocycles. The highest BCUT2D eigenvalue weighted by molar-refractivity contribution is 7.89. The van der Waals surface area contributed by atoms with Gasteiger partial charge in [0.1, 0.15) is 0 Å². The molecule has 0 saturated carbocycles. The zero-order valence-electron chi connectivity index (χ0n) is 9.56. The zero-order valence-corrected chi connectivity index (χ0v) is 11.1. The van der Waals surface area contributed by atoms with E-state index in [0.29, 0.717) is 12.8 Å². The number of alkyl halides is 4. The molecule has 8 heteroatoms. The van der Waals surface area contributed by atoms with E-state index in [-0.39, 0.29) is 11.9 Å². The molecule has 17 heavy (non-hydrogen) atoms. The molecule has 3 nitrogen and oxygen atoms in total. The highest BCUT2D eigenvalue weighted by Gasteiger charge is 2.27. The summed E-state index contributed by atoms with van der Waals surface area (Å²) in [5.41, 5.74) is 0. The van der Waals surface area contributed by atoms with Gasteiger partial charge in [-0.05, 0) is 26.2 Å². The fourth-order valence-corrected chi connectivity index (χ4v) is 2.42. The third-order valence-electron chi connectivity index (χ3n) is 1.97. The Morgan fingerprint density at radius 3 is 2.35 bits per heavy atom. The SMILES string of the molecule is CC(Cl)CCCNS(=O)(=O)CCCC(F)(F)F. The molecule has 104 valence electrons. The summed E-state index contributed by atoms with van der Waals surface area (Å²) in [6.07, 6.45) is -4.56. The minimum atomic E-state index is -4.30. The van der Waals surface area contributed by atoms with Crippen molar-refractivity contribution in [2.24, 2.45) is 0 Å². The summed E-state index contributed by atoms with van der Waals surface area (Å²) >= 11 is 5.66. The summed E-state index contributed by atoms with van der Waals surface area (Å²) in [6.45, 7) is 2.00. The van der Waals surface area contributed by atoms with E-state index in [2.05, 4.69) is 4.72 Å². The maximum absolute atomic E-state index is 11.8. The molecule has 0 saturated heterocycles. The molecule has 0 heterocycles. The van der Waals surface area contributed by atoms with Crippen LogP contribution >= 0.6 is 11.6 Å². The summed E-state index contributed by atoms with van der Waals surface area (Å²) in [4.78, 5) is 0. The second kappa shape index (κ2) is 7.43. The van der Waals surface area contributed by atoms with Gasteiger partial charge in [-0.1, -0.05) is 0 Å². The summed E-state index contributed by atoms with van der Waals surface area (Å²) < 4.78 is 60.1. The smallest absolute Gasteiger partial charge is 0.215 e. The minimum absolute atomic E-state index is 0.0373. The highest BCUT2D eigenvalue weighted by Crippen LogP contribution is 2.21. The molecule has 0 spiro atoms. The standard InChI is InChI=1S/C9H17ClF3NO2S/c1-8(10)4-2-6-14-17(15,16)7-3-5-9(11,12)13/h8,14H,2-7H2,1H3. The lowest BCUT2D eigenvalue weighted by Gasteiger charge is -2.08. The van der Waals surface area contributed by atoms with E-state index in [0.717, 1.165) is 0 Å². The number of hydrogen-bond acceptors (Lipinski definition) is 2. The first-order valence-corrected chi connectivity index (χ1v) is 7.39. The molecule has 0 fully saturated rings. The van der Waals surface area contributed by atoms with E-state index < -0.39 is 34.8 Å². The quantitative estimate of drug-likeness (QED) is 0.553. The zero-order chi connectivity index (χ0) is 13.5. The summed E-state index contributed by atoms with van der Waals surface area (Å²) in [5.74, 6) is -0.497. The van der Waals surface area contributed by atoms with Crippen molar-refractivity contribution >= 4 is 21.6 Å². The minimum Gasteiger partial charge on any atom is -0.215 e. The Balaban J connectivity index is 3.74. The van der Waals surface area contributed by atoms with E-state index >= 15 is 0 Å². The number of nitrogens with one attached hydrogen (secondary N) is 1. The Morgan fingerprint density at radius 1 is 1.29 bits per heavy atom. The van der Waals surface area contributed by atoms with Gasteiger partial charge < -0.3 is 0 Å². The van der Waals surface area contributed by atoms with Crippen LogP contribution < -0.4 is 4.72 Å². The van der Waals surface area contributed by atoms with Crippen LogP contribution in [0, 0.1) is 0 Å². The van der Waals surface area contributed by atoms with Gasteiger partial charge in [-0.3, -0.25) is 0 Å². The van der Waals surface area contributed by atoms with Crippen LogP contribution in [0.5, 0.6) is 0 Å². The first-order valence-electron chi connectivity index (χ1n) is 5.30. The van der Waals surface area contributed by atoms with Crippen molar-refractivity contribution in [3.8, 4) is 0 Å². The van der Waals surface area contributed by atoms with Gasteiger partial charge in [-0.25, -0.2) is 13.1 Å². The van der Waals surface area contributed by atoms with Crippen LogP contribution in [0.15, 0.2) is 0 Å². The Morgan fingerprint density at radius 2 is 1.88 bits per heavy atom. The van der Waals surface area contributed by atoms with Crippen LogP contribution in [-0.4, -0.2) is 32.3 Å². The van der Waals surface area contributed by atoms with E-state index in [9.17, 15) is 21.6 Å². The van der Waals surface area contributed by atoms with Gasteiger partial charge >= 0.3 is 6.18 Å². The van der Waals surface area contributed by atoms with Gasteiger partial charge in [-0.2, -0.15) is 13.2 Å². The van der Waals surface area contributed by atoms with E-state index in [1.807, 2.05) is 0 Å². The van der Waals surface area contributed by atoms with Crippen molar-refractivity contribution in [2.75, 3.05) is 12.3 Å². The molecule has 1 unspecified atom stereocenters. The fourth-order valence-electron chi connectivity index (χ4n) is 1.15. The van der Waals surface area contributed by atoms with Crippen molar-refractivity contribution in [1.29, 1.82) is 0 Å². The topological polar surface area (TPSA) is 46.2 Å². The Labute approximate surface area is 105 Å². The average molecular weight is 296 g/mol. The molecule has 0 radical (unpaired) electrons. The van der Waals surface area contributed by atoms with Crippen LogP contribution in [0.25, 0.3) is 0 Å². The van der Waals surface area contributed by atoms with E-state index in [1.165, 1.54) is 0 Å². The lowest BCUT2D eigenvalue weighted by atomic mass is 10.2. The highest BCUT2D eigenvalue weighted by atomic mass is 35.5. The van der Waals surface area contributed by atoms with Crippen LogP contribution in [-0.2, 0) is 10.0 Å². The first kappa shape index (κ1) is 17.0. The largest absolute Gasteiger partial charge is 0.389 e. The predicted molar refractivity (Wildman–Crippen MR) is 61.6 cm³/mol.